The van der Waals surface area contributed by atoms with Gasteiger partial charge in [0.25, 0.3) is 11.8 Å². The van der Waals surface area contributed by atoms with Crippen LogP contribution in [0.15, 0.2) is 48.7 Å². The van der Waals surface area contributed by atoms with Crippen LogP contribution in [0.1, 0.15) is 54.1 Å². The van der Waals surface area contributed by atoms with E-state index in [1.165, 1.54) is 4.90 Å². The molecule has 1 atom stereocenters. The highest BCUT2D eigenvalue weighted by Gasteiger charge is 2.64. The second kappa shape index (κ2) is 9.78. The minimum atomic E-state index is -1.58. The Bertz CT molecular complexity index is 1750. The number of hydrogen-bond donors (Lipinski definition) is 1. The van der Waals surface area contributed by atoms with Crippen LogP contribution in [0.5, 0.6) is 11.6 Å². The number of carbonyl (C=O) groups is 2. The lowest BCUT2D eigenvalue weighted by Crippen LogP contribution is -2.51. The summed E-state index contributed by atoms with van der Waals surface area (Å²) in [6.07, 6.45) is 1.61. The van der Waals surface area contributed by atoms with Crippen molar-refractivity contribution in [1.29, 1.82) is 0 Å². The first-order valence-electron chi connectivity index (χ1n) is 13.2. The van der Waals surface area contributed by atoms with Gasteiger partial charge in [-0.1, -0.05) is 35.3 Å². The summed E-state index contributed by atoms with van der Waals surface area (Å²) in [4.78, 5) is 39.7. The molecule has 6 rings (SSSR count). The Morgan fingerprint density at radius 1 is 1.07 bits per heavy atom. The SMILES string of the molecule is CCOc1cc(OC)c(-c2nc3c(n2C(C)C)[C@@]2(C(=O)Nc4cc(Cl)ccc42)N(c2cc(Cl)ccc2C)C3=O)cn1. The van der Waals surface area contributed by atoms with E-state index in [0.29, 0.717) is 62.3 Å². The molecule has 0 aliphatic carbocycles. The molecule has 0 radical (unpaired) electrons. The fourth-order valence-corrected chi connectivity index (χ4v) is 6.15. The van der Waals surface area contributed by atoms with Gasteiger partial charge in [0.1, 0.15) is 11.6 Å². The first kappa shape index (κ1) is 27.1. The Kier molecular flexibility index (Phi) is 6.47. The number of nitrogens with one attached hydrogen (secondary N) is 1. The average Bonchev–Trinajstić information content (AvgIpc) is 3.54. The number of aryl methyl sites for hydroxylation is 1. The molecule has 9 nitrogen and oxygen atoms in total. The minimum Gasteiger partial charge on any atom is -0.496 e. The summed E-state index contributed by atoms with van der Waals surface area (Å²) in [5.74, 6) is 0.497. The molecule has 4 aromatic rings. The highest BCUT2D eigenvalue weighted by Crippen LogP contribution is 2.55. The predicted octanol–water partition coefficient (Wildman–Crippen LogP) is 6.40. The zero-order valence-corrected chi connectivity index (χ0v) is 24.6. The summed E-state index contributed by atoms with van der Waals surface area (Å²) in [6, 6.07) is 11.9. The van der Waals surface area contributed by atoms with Crippen LogP contribution >= 0.6 is 23.2 Å². The van der Waals surface area contributed by atoms with Gasteiger partial charge in [-0.2, -0.15) is 0 Å². The zero-order chi connectivity index (χ0) is 29.2. The number of fused-ring (bicyclic) bond motifs is 4. The van der Waals surface area contributed by atoms with Crippen LogP contribution in [0.3, 0.4) is 0 Å². The van der Waals surface area contributed by atoms with E-state index in [9.17, 15) is 9.59 Å². The van der Waals surface area contributed by atoms with Crippen LogP contribution in [-0.2, 0) is 10.3 Å². The Morgan fingerprint density at radius 3 is 2.51 bits per heavy atom. The Hall–Kier alpha value is -4.08. The standard InChI is InChI=1S/C30H27Cl2N5O4/c1-6-41-24-13-23(40-5)19(14-33-24)27-35-25-26(36(27)15(2)3)30(20-10-9-17(31)11-21(20)34-29(30)39)37(28(25)38)22-12-18(32)8-7-16(22)4/h7-15H,6H2,1-5H3,(H,34,39)/t30-/m0/s1. The number of rotatable bonds is 6. The summed E-state index contributed by atoms with van der Waals surface area (Å²) in [7, 11) is 1.55. The number of imidazole rings is 1. The highest BCUT2D eigenvalue weighted by molar-refractivity contribution is 6.32. The smallest absolute Gasteiger partial charge is 0.280 e. The minimum absolute atomic E-state index is 0.155. The van der Waals surface area contributed by atoms with Crippen molar-refractivity contribution in [1.82, 2.24) is 14.5 Å². The Labute approximate surface area is 247 Å². The van der Waals surface area contributed by atoms with Gasteiger partial charge in [0, 0.05) is 39.6 Å². The number of aromatic nitrogens is 3. The fraction of sp³-hybridized carbons (Fsp3) is 0.267. The fourth-order valence-electron chi connectivity index (χ4n) is 5.81. The monoisotopic (exact) mass is 591 g/mol. The number of nitrogens with zero attached hydrogens (tertiary/aromatic N) is 4. The highest BCUT2D eigenvalue weighted by atomic mass is 35.5. The van der Waals surface area contributed by atoms with E-state index in [4.69, 9.17) is 37.7 Å². The third kappa shape index (κ3) is 3.83. The third-order valence-electron chi connectivity index (χ3n) is 7.47. The first-order chi connectivity index (χ1) is 19.6. The molecule has 0 fully saturated rings. The van der Waals surface area contributed by atoms with Gasteiger partial charge in [0.05, 0.1) is 30.7 Å². The van der Waals surface area contributed by atoms with Crippen LogP contribution in [0.25, 0.3) is 11.4 Å². The lowest BCUT2D eigenvalue weighted by atomic mass is 9.86. The van der Waals surface area contributed by atoms with Gasteiger partial charge in [0.15, 0.2) is 11.2 Å². The van der Waals surface area contributed by atoms with E-state index in [1.807, 2.05) is 38.3 Å². The lowest BCUT2D eigenvalue weighted by Gasteiger charge is -2.36. The van der Waals surface area contributed by atoms with Gasteiger partial charge in [-0.15, -0.1) is 0 Å². The maximum atomic E-state index is 14.5. The number of anilines is 2. The van der Waals surface area contributed by atoms with Crippen LogP contribution < -0.4 is 19.7 Å². The van der Waals surface area contributed by atoms with E-state index in [-0.39, 0.29) is 11.7 Å². The van der Waals surface area contributed by atoms with Crippen molar-refractivity contribution in [2.45, 2.75) is 39.3 Å². The van der Waals surface area contributed by atoms with E-state index in [2.05, 4.69) is 10.3 Å². The number of amides is 2. The van der Waals surface area contributed by atoms with E-state index in [0.717, 1.165) is 5.56 Å². The van der Waals surface area contributed by atoms with Gasteiger partial charge in [-0.05, 0) is 57.5 Å². The molecule has 2 aromatic carbocycles. The molecule has 11 heteroatoms. The summed E-state index contributed by atoms with van der Waals surface area (Å²) >= 11 is 12.8. The number of ether oxygens (including phenoxy) is 2. The first-order valence-corrected chi connectivity index (χ1v) is 13.9. The number of carbonyl (C=O) groups excluding carboxylic acids is 2. The molecule has 2 amide bonds. The molecular weight excluding hydrogens is 565 g/mol. The van der Waals surface area contributed by atoms with Gasteiger partial charge < -0.3 is 19.4 Å². The van der Waals surface area contributed by atoms with Crippen molar-refractivity contribution >= 4 is 46.4 Å². The van der Waals surface area contributed by atoms with Crippen molar-refractivity contribution in [2.24, 2.45) is 0 Å². The van der Waals surface area contributed by atoms with E-state index in [1.54, 1.807) is 49.7 Å². The number of halogens is 2. The molecule has 0 unspecified atom stereocenters. The molecular formula is C30H27Cl2N5O4. The van der Waals surface area contributed by atoms with Gasteiger partial charge in [0.2, 0.25) is 5.88 Å². The lowest BCUT2D eigenvalue weighted by molar-refractivity contribution is -0.119. The third-order valence-corrected chi connectivity index (χ3v) is 7.94. The normalized spacial score (nSPS) is 17.3. The summed E-state index contributed by atoms with van der Waals surface area (Å²) in [5.41, 5.74) is 1.97. The van der Waals surface area contributed by atoms with Crippen molar-refractivity contribution in [2.75, 3.05) is 23.9 Å². The zero-order valence-electron chi connectivity index (χ0n) is 23.1. The molecule has 1 N–H and O–H groups in total. The summed E-state index contributed by atoms with van der Waals surface area (Å²) in [6.45, 7) is 8.13. The molecule has 0 saturated heterocycles. The maximum absolute atomic E-state index is 14.5. The number of pyridine rings is 1. The molecule has 1 spiro atoms. The molecule has 41 heavy (non-hydrogen) atoms. The molecule has 2 aliphatic heterocycles. The molecule has 0 saturated carbocycles. The van der Waals surface area contributed by atoms with Crippen LogP contribution in [-0.4, -0.2) is 40.1 Å². The largest absolute Gasteiger partial charge is 0.496 e. The average molecular weight is 592 g/mol. The number of benzene rings is 2. The number of methoxy groups -OCH3 is 1. The van der Waals surface area contributed by atoms with Crippen LogP contribution in [0, 0.1) is 6.92 Å². The molecule has 2 aromatic heterocycles. The second-order valence-electron chi connectivity index (χ2n) is 10.2. The quantitative estimate of drug-likeness (QED) is 0.278. The number of hydrogen-bond acceptors (Lipinski definition) is 6. The Morgan fingerprint density at radius 2 is 1.80 bits per heavy atom. The van der Waals surface area contributed by atoms with Gasteiger partial charge >= 0.3 is 0 Å². The summed E-state index contributed by atoms with van der Waals surface area (Å²) in [5, 5.41) is 3.87. The molecule has 2 aliphatic rings. The maximum Gasteiger partial charge on any atom is 0.280 e. The van der Waals surface area contributed by atoms with Crippen molar-refractivity contribution in [3.8, 4) is 23.0 Å². The van der Waals surface area contributed by atoms with Crippen LogP contribution in [0.4, 0.5) is 11.4 Å². The second-order valence-corrected chi connectivity index (χ2v) is 11.1. The molecule has 0 bridgehead atoms. The Balaban J connectivity index is 1.70. The van der Waals surface area contributed by atoms with E-state index >= 15 is 0 Å². The van der Waals surface area contributed by atoms with Crippen molar-refractivity contribution < 1.29 is 19.1 Å². The predicted molar refractivity (Wildman–Crippen MR) is 157 cm³/mol. The van der Waals surface area contributed by atoms with Crippen LogP contribution in [0.2, 0.25) is 10.0 Å². The van der Waals surface area contributed by atoms with Crippen molar-refractivity contribution in [3.05, 3.63) is 81.2 Å². The summed E-state index contributed by atoms with van der Waals surface area (Å²) < 4.78 is 13.2. The van der Waals surface area contributed by atoms with E-state index < -0.39 is 17.4 Å². The topological polar surface area (TPSA) is 98.6 Å². The molecule has 210 valence electrons. The molecule has 4 heterocycles. The van der Waals surface area contributed by atoms with Gasteiger partial charge in [-0.25, -0.2) is 9.97 Å². The van der Waals surface area contributed by atoms with Crippen molar-refractivity contribution in [3.63, 3.8) is 0 Å². The van der Waals surface area contributed by atoms with Gasteiger partial charge in [-0.3, -0.25) is 14.5 Å².